The molecule has 0 heterocycles. The van der Waals surface area contributed by atoms with Crippen LogP contribution in [0.2, 0.25) is 5.02 Å². The van der Waals surface area contributed by atoms with Crippen LogP contribution in [0.25, 0.3) is 0 Å². The van der Waals surface area contributed by atoms with Gasteiger partial charge in [-0.3, -0.25) is 19.2 Å². The molecule has 0 aliphatic heterocycles. The molecule has 1 amide bonds. The third kappa shape index (κ3) is 5.49. The van der Waals surface area contributed by atoms with E-state index in [2.05, 4.69) is 11.2 Å². The highest BCUT2D eigenvalue weighted by Gasteiger charge is 2.32. The number of nitrogens with zero attached hydrogens (tertiary/aromatic N) is 2. The maximum atomic E-state index is 13.6. The first-order chi connectivity index (χ1) is 14.8. The maximum Gasteiger partial charge on any atom is 0.273 e. The van der Waals surface area contributed by atoms with Crippen LogP contribution in [0.3, 0.4) is 0 Å². The van der Waals surface area contributed by atoms with E-state index < -0.39 is 32.9 Å². The molecule has 32 heavy (non-hydrogen) atoms. The van der Waals surface area contributed by atoms with Crippen LogP contribution >= 0.6 is 11.6 Å². The number of nitro benzene ring substituents is 1. The summed E-state index contributed by atoms with van der Waals surface area (Å²) in [7, 11) is -3.13. The zero-order chi connectivity index (χ0) is 24.3. The Hall–Kier alpha value is -3.29. The maximum absolute atomic E-state index is 13.6. The Bertz CT molecular complexity index is 1200. The molecule has 170 valence electrons. The van der Waals surface area contributed by atoms with Crippen LogP contribution in [0, 0.1) is 29.4 Å². The van der Waals surface area contributed by atoms with Crippen molar-refractivity contribution < 1.29 is 22.9 Å². The van der Waals surface area contributed by atoms with Gasteiger partial charge in [0.05, 0.1) is 28.2 Å². The first-order valence-corrected chi connectivity index (χ1v) is 11.0. The standard InChI is InChI=1S/C21H22ClN3O6S/c1-6-21(3,4)23-20(26)13-24(18-11-15(22)8-10-19(18)31-5)32(29,30)16-9-7-14(2)17(12-16)25(27)28/h1,7-12H,13H2,2-5H3,(H,23,26). The molecule has 0 bridgehead atoms. The number of amides is 1. The molecule has 0 unspecified atom stereocenters. The van der Waals surface area contributed by atoms with Crippen LogP contribution in [-0.4, -0.2) is 38.4 Å². The fraction of sp³-hybridized carbons (Fsp3) is 0.286. The van der Waals surface area contributed by atoms with E-state index in [0.717, 1.165) is 10.4 Å². The summed E-state index contributed by atoms with van der Waals surface area (Å²) < 4.78 is 33.1. The fourth-order valence-electron chi connectivity index (χ4n) is 2.79. The fourth-order valence-corrected chi connectivity index (χ4v) is 4.40. The van der Waals surface area contributed by atoms with Gasteiger partial charge >= 0.3 is 0 Å². The molecule has 2 rings (SSSR count). The molecule has 0 fully saturated rings. The van der Waals surface area contributed by atoms with E-state index in [9.17, 15) is 23.3 Å². The molecular formula is C21H22ClN3O6S. The minimum atomic E-state index is -4.46. The second-order valence-corrected chi connectivity index (χ2v) is 9.65. The minimum absolute atomic E-state index is 0.0168. The average molecular weight is 480 g/mol. The second kappa shape index (κ2) is 9.46. The number of aryl methyl sites for hydroxylation is 1. The van der Waals surface area contributed by atoms with Crippen molar-refractivity contribution in [3.05, 3.63) is 57.1 Å². The van der Waals surface area contributed by atoms with Gasteiger partial charge in [-0.1, -0.05) is 23.6 Å². The number of halogens is 1. The number of nitrogens with one attached hydrogen (secondary N) is 1. The summed E-state index contributed by atoms with van der Waals surface area (Å²) in [5.41, 5.74) is -1.14. The Morgan fingerprint density at radius 3 is 2.53 bits per heavy atom. The summed E-state index contributed by atoms with van der Waals surface area (Å²) in [6, 6.07) is 7.75. The van der Waals surface area contributed by atoms with Gasteiger partial charge in [-0.05, 0) is 45.0 Å². The van der Waals surface area contributed by atoms with Crippen molar-refractivity contribution in [1.82, 2.24) is 5.32 Å². The molecule has 0 spiro atoms. The lowest BCUT2D eigenvalue weighted by Gasteiger charge is -2.27. The van der Waals surface area contributed by atoms with Crippen molar-refractivity contribution in [2.45, 2.75) is 31.2 Å². The highest BCUT2D eigenvalue weighted by atomic mass is 35.5. The van der Waals surface area contributed by atoms with Gasteiger partial charge in [0, 0.05) is 16.7 Å². The van der Waals surface area contributed by atoms with Crippen molar-refractivity contribution in [3.63, 3.8) is 0 Å². The third-order valence-electron chi connectivity index (χ3n) is 4.47. The van der Waals surface area contributed by atoms with Crippen LogP contribution in [0.4, 0.5) is 11.4 Å². The number of methoxy groups -OCH3 is 1. The van der Waals surface area contributed by atoms with Crippen molar-refractivity contribution in [2.24, 2.45) is 0 Å². The zero-order valence-corrected chi connectivity index (χ0v) is 19.5. The number of sulfonamides is 1. The minimum Gasteiger partial charge on any atom is -0.495 e. The largest absolute Gasteiger partial charge is 0.495 e. The Kier molecular flexibility index (Phi) is 7.38. The van der Waals surface area contributed by atoms with E-state index in [-0.39, 0.29) is 32.6 Å². The molecular weight excluding hydrogens is 458 g/mol. The molecule has 11 heteroatoms. The van der Waals surface area contributed by atoms with Gasteiger partial charge in [0.1, 0.15) is 12.3 Å². The lowest BCUT2D eigenvalue weighted by atomic mass is 10.1. The van der Waals surface area contributed by atoms with E-state index in [1.165, 1.54) is 44.4 Å². The number of benzene rings is 2. The number of hydrogen-bond donors (Lipinski definition) is 1. The molecule has 2 aromatic carbocycles. The highest BCUT2D eigenvalue weighted by molar-refractivity contribution is 7.92. The SMILES string of the molecule is C#CC(C)(C)NC(=O)CN(c1cc(Cl)ccc1OC)S(=O)(=O)c1ccc(C)c([N+](=O)[O-])c1. The molecule has 0 radical (unpaired) electrons. The van der Waals surface area contributed by atoms with Crippen molar-refractivity contribution in [1.29, 1.82) is 0 Å². The Labute approximate surface area is 191 Å². The lowest BCUT2D eigenvalue weighted by Crippen LogP contribution is -2.48. The predicted octanol–water partition coefficient (Wildman–Crippen LogP) is 3.29. The Morgan fingerprint density at radius 2 is 1.97 bits per heavy atom. The summed E-state index contributed by atoms with van der Waals surface area (Å²) >= 11 is 6.07. The number of ether oxygens (including phenoxy) is 1. The summed E-state index contributed by atoms with van der Waals surface area (Å²) in [6.45, 7) is 3.97. The van der Waals surface area contributed by atoms with E-state index in [1.54, 1.807) is 13.8 Å². The molecule has 0 aliphatic rings. The normalized spacial score (nSPS) is 11.4. The van der Waals surface area contributed by atoms with Crippen molar-refractivity contribution >= 4 is 38.9 Å². The van der Waals surface area contributed by atoms with E-state index >= 15 is 0 Å². The molecule has 9 nitrogen and oxygen atoms in total. The molecule has 0 saturated carbocycles. The molecule has 0 saturated heterocycles. The molecule has 0 aromatic heterocycles. The smallest absolute Gasteiger partial charge is 0.273 e. The van der Waals surface area contributed by atoms with Crippen LogP contribution < -0.4 is 14.4 Å². The Balaban J connectivity index is 2.67. The van der Waals surface area contributed by atoms with Crippen LogP contribution in [0.5, 0.6) is 5.75 Å². The highest BCUT2D eigenvalue weighted by Crippen LogP contribution is 2.35. The van der Waals surface area contributed by atoms with Crippen LogP contribution in [0.15, 0.2) is 41.3 Å². The van der Waals surface area contributed by atoms with E-state index in [0.29, 0.717) is 0 Å². The molecule has 0 aliphatic carbocycles. The van der Waals surface area contributed by atoms with Gasteiger partial charge in [0.15, 0.2) is 0 Å². The zero-order valence-electron chi connectivity index (χ0n) is 17.9. The van der Waals surface area contributed by atoms with Crippen molar-refractivity contribution in [3.8, 4) is 18.1 Å². The summed E-state index contributed by atoms with van der Waals surface area (Å²) in [6.07, 6.45) is 5.40. The van der Waals surface area contributed by atoms with Crippen LogP contribution in [-0.2, 0) is 14.8 Å². The summed E-state index contributed by atoms with van der Waals surface area (Å²) in [5.74, 6) is 1.83. The van der Waals surface area contributed by atoms with Crippen LogP contribution in [0.1, 0.15) is 19.4 Å². The van der Waals surface area contributed by atoms with Gasteiger partial charge in [0.25, 0.3) is 15.7 Å². The number of carbonyl (C=O) groups is 1. The molecule has 2 aromatic rings. The average Bonchev–Trinajstić information content (AvgIpc) is 2.71. The second-order valence-electron chi connectivity index (χ2n) is 7.35. The first kappa shape index (κ1) is 25.0. The first-order valence-electron chi connectivity index (χ1n) is 9.22. The number of nitro groups is 1. The number of terminal acetylenes is 1. The number of hydrogen-bond acceptors (Lipinski definition) is 6. The summed E-state index contributed by atoms with van der Waals surface area (Å²) in [4.78, 5) is 23.0. The number of rotatable bonds is 8. The predicted molar refractivity (Wildman–Crippen MR) is 121 cm³/mol. The topological polar surface area (TPSA) is 119 Å². The van der Waals surface area contributed by atoms with Gasteiger partial charge in [0.2, 0.25) is 5.91 Å². The molecule has 0 atom stereocenters. The van der Waals surface area contributed by atoms with Gasteiger partial charge in [-0.2, -0.15) is 0 Å². The number of carbonyl (C=O) groups excluding carboxylic acids is 1. The quantitative estimate of drug-likeness (QED) is 0.352. The van der Waals surface area contributed by atoms with Gasteiger partial charge in [-0.25, -0.2) is 8.42 Å². The van der Waals surface area contributed by atoms with E-state index in [4.69, 9.17) is 22.8 Å². The molecule has 1 N–H and O–H groups in total. The number of anilines is 1. The van der Waals surface area contributed by atoms with Crippen molar-refractivity contribution in [2.75, 3.05) is 18.0 Å². The lowest BCUT2D eigenvalue weighted by molar-refractivity contribution is -0.385. The summed E-state index contributed by atoms with van der Waals surface area (Å²) in [5, 5.41) is 14.1. The monoisotopic (exact) mass is 479 g/mol. The van der Waals surface area contributed by atoms with E-state index in [1.807, 2.05) is 0 Å². The third-order valence-corrected chi connectivity index (χ3v) is 6.47. The Morgan fingerprint density at radius 1 is 1.31 bits per heavy atom. The van der Waals surface area contributed by atoms with Gasteiger partial charge in [-0.15, -0.1) is 6.42 Å². The van der Waals surface area contributed by atoms with Gasteiger partial charge < -0.3 is 10.1 Å².